The first kappa shape index (κ1) is 29.4. The van der Waals surface area contributed by atoms with Crippen LogP contribution >= 0.6 is 0 Å². The Morgan fingerprint density at radius 1 is 1.07 bits per heavy atom. The summed E-state index contributed by atoms with van der Waals surface area (Å²) < 4.78 is 52.0. The lowest BCUT2D eigenvalue weighted by atomic mass is 9.73. The second kappa shape index (κ2) is 12.4. The Labute approximate surface area is 237 Å². The number of H-pyrrole nitrogens is 1. The molecule has 2 unspecified atom stereocenters. The second-order valence-corrected chi connectivity index (χ2v) is 11.9. The number of anilines is 1. The summed E-state index contributed by atoms with van der Waals surface area (Å²) in [5.74, 6) is -1.92. The number of rotatable bonds is 5. The number of carboxylic acids is 1. The van der Waals surface area contributed by atoms with Crippen molar-refractivity contribution in [1.29, 1.82) is 0 Å². The summed E-state index contributed by atoms with van der Waals surface area (Å²) in [6, 6.07) is 12.0. The Morgan fingerprint density at radius 3 is 2.49 bits per heavy atom. The Balaban J connectivity index is 0.000000169. The highest BCUT2D eigenvalue weighted by Gasteiger charge is 2.39. The van der Waals surface area contributed by atoms with Crippen LogP contribution in [0.5, 0.6) is 0 Å². The number of carbonyl (C=O) groups is 1. The zero-order chi connectivity index (χ0) is 29.1. The quantitative estimate of drug-likeness (QED) is 0.371. The van der Waals surface area contributed by atoms with Gasteiger partial charge in [0.1, 0.15) is 11.6 Å². The summed E-state index contributed by atoms with van der Waals surface area (Å²) in [4.78, 5) is 20.2. The van der Waals surface area contributed by atoms with Gasteiger partial charge in [-0.2, -0.15) is 0 Å². The smallest absolute Gasteiger partial charge is 0.317 e. The molecule has 0 bridgehead atoms. The number of aliphatic carboxylic acids is 1. The molecule has 2 N–H and O–H groups in total. The number of alkyl halides is 2. The first-order chi connectivity index (χ1) is 19.6. The topological polar surface area (TPSA) is 62.8 Å². The monoisotopic (exact) mass is 574 g/mol. The molecular weight excluding hydrogens is 536 g/mol. The number of carboxylic acid groups (broad SMARTS) is 1. The summed E-state index contributed by atoms with van der Waals surface area (Å²) in [6.45, 7) is 5.60. The largest absolute Gasteiger partial charge is 0.480 e. The van der Waals surface area contributed by atoms with Gasteiger partial charge in [-0.05, 0) is 69.3 Å². The highest BCUT2D eigenvalue weighted by molar-refractivity contribution is 5.84. The Hall–Kier alpha value is -3.11. The molecule has 1 aromatic heterocycles. The van der Waals surface area contributed by atoms with Gasteiger partial charge in [-0.1, -0.05) is 18.2 Å². The van der Waals surface area contributed by atoms with E-state index in [1.165, 1.54) is 23.1 Å². The van der Waals surface area contributed by atoms with Crippen LogP contribution in [0.25, 0.3) is 10.9 Å². The molecule has 3 aliphatic rings. The minimum atomic E-state index is -2.27. The Bertz CT molecular complexity index is 1340. The third-order valence-corrected chi connectivity index (χ3v) is 8.73. The molecule has 4 heterocycles. The number of aromatic amines is 1. The molecule has 2 atom stereocenters. The number of nitrogens with one attached hydrogen (secondary N) is 1. The highest BCUT2D eigenvalue weighted by Crippen LogP contribution is 2.40. The van der Waals surface area contributed by atoms with E-state index >= 15 is 0 Å². The SMILES string of the molecule is CC1Cc2c([nH]c3ccccc23)CN1CC(F)F.O=C(O)CN1CCCC2(CCCN(c3cc(F)cc(F)c3)C2)C1. The predicted molar refractivity (Wildman–Crippen MR) is 151 cm³/mol. The number of halogens is 4. The number of hydrogen-bond acceptors (Lipinski definition) is 4. The molecule has 0 aliphatic carbocycles. The fourth-order valence-electron chi connectivity index (χ4n) is 6.95. The van der Waals surface area contributed by atoms with Gasteiger partial charge in [0.15, 0.2) is 0 Å². The van der Waals surface area contributed by atoms with E-state index in [0.29, 0.717) is 12.2 Å². The van der Waals surface area contributed by atoms with E-state index in [1.807, 2.05) is 39.8 Å². The van der Waals surface area contributed by atoms with Crippen LogP contribution < -0.4 is 4.90 Å². The molecule has 0 amide bonds. The number of likely N-dealkylation sites (tertiary alicyclic amines) is 1. The first-order valence-electron chi connectivity index (χ1n) is 14.4. The van der Waals surface area contributed by atoms with Crippen molar-refractivity contribution < 1.29 is 27.5 Å². The average molecular weight is 575 g/mol. The van der Waals surface area contributed by atoms with E-state index in [-0.39, 0.29) is 24.5 Å². The lowest BCUT2D eigenvalue weighted by Gasteiger charge is -2.49. The molecule has 6 rings (SSSR count). The van der Waals surface area contributed by atoms with E-state index in [2.05, 4.69) is 11.1 Å². The maximum atomic E-state index is 13.5. The van der Waals surface area contributed by atoms with Crippen LogP contribution in [0.2, 0.25) is 0 Å². The molecule has 0 radical (unpaired) electrons. The normalized spacial score (nSPS) is 23.5. The number of aromatic nitrogens is 1. The number of fused-ring (bicyclic) bond motifs is 3. The first-order valence-corrected chi connectivity index (χ1v) is 14.4. The molecule has 2 aromatic carbocycles. The lowest BCUT2D eigenvalue weighted by molar-refractivity contribution is -0.139. The van der Waals surface area contributed by atoms with Crippen molar-refractivity contribution in [1.82, 2.24) is 14.8 Å². The molecular formula is C31H38F4N4O2. The van der Waals surface area contributed by atoms with Crippen molar-refractivity contribution in [2.75, 3.05) is 44.2 Å². The van der Waals surface area contributed by atoms with Gasteiger partial charge in [0.25, 0.3) is 6.43 Å². The van der Waals surface area contributed by atoms with Gasteiger partial charge in [-0.25, -0.2) is 17.6 Å². The molecule has 41 heavy (non-hydrogen) atoms. The van der Waals surface area contributed by atoms with E-state index in [4.69, 9.17) is 5.11 Å². The highest BCUT2D eigenvalue weighted by atomic mass is 19.3. The van der Waals surface area contributed by atoms with Gasteiger partial charge in [0.05, 0.1) is 13.1 Å². The van der Waals surface area contributed by atoms with Gasteiger partial charge in [-0.3, -0.25) is 14.6 Å². The molecule has 10 heteroatoms. The van der Waals surface area contributed by atoms with Gasteiger partial charge >= 0.3 is 5.97 Å². The lowest BCUT2D eigenvalue weighted by Crippen LogP contribution is -2.53. The fourth-order valence-corrected chi connectivity index (χ4v) is 6.95. The standard InChI is InChI=1S/C17H22F2N2O2.C14H16F2N2/c18-13-7-14(19)9-15(8-13)21-6-2-4-17(12-21)3-1-5-20(11-17)10-16(22)23;1-9-6-11-10-4-2-3-5-12(10)17-13(11)7-18(9)8-14(15)16/h7-9H,1-6,10-12H2,(H,22,23);2-5,9,14,17H,6-8H2,1H3. The molecule has 222 valence electrons. The van der Waals surface area contributed by atoms with Crippen molar-refractivity contribution >= 4 is 22.6 Å². The summed E-state index contributed by atoms with van der Waals surface area (Å²) in [6.07, 6.45) is 2.58. The van der Waals surface area contributed by atoms with E-state index in [0.717, 1.165) is 75.6 Å². The summed E-state index contributed by atoms with van der Waals surface area (Å²) in [5.41, 5.74) is 4.10. The van der Waals surface area contributed by atoms with Gasteiger partial charge in [-0.15, -0.1) is 0 Å². The van der Waals surface area contributed by atoms with Crippen LogP contribution in [0.15, 0.2) is 42.5 Å². The van der Waals surface area contributed by atoms with E-state index < -0.39 is 24.0 Å². The van der Waals surface area contributed by atoms with E-state index in [1.54, 1.807) is 0 Å². The van der Waals surface area contributed by atoms with Crippen LogP contribution in [-0.4, -0.2) is 77.6 Å². The molecule has 2 saturated heterocycles. The number of nitrogens with zero attached hydrogens (tertiary/aromatic N) is 3. The minimum Gasteiger partial charge on any atom is -0.480 e. The van der Waals surface area contributed by atoms with Crippen LogP contribution in [0.1, 0.15) is 43.9 Å². The maximum Gasteiger partial charge on any atom is 0.317 e. The number of para-hydroxylation sites is 1. The zero-order valence-corrected chi connectivity index (χ0v) is 23.4. The number of hydrogen-bond donors (Lipinski definition) is 2. The van der Waals surface area contributed by atoms with Crippen LogP contribution in [0, 0.1) is 17.0 Å². The second-order valence-electron chi connectivity index (χ2n) is 11.9. The summed E-state index contributed by atoms with van der Waals surface area (Å²) in [5, 5.41) is 10.2. The third-order valence-electron chi connectivity index (χ3n) is 8.73. The van der Waals surface area contributed by atoms with Crippen LogP contribution in [0.3, 0.4) is 0 Å². The molecule has 3 aromatic rings. The molecule has 1 spiro atoms. The molecule has 2 fully saturated rings. The van der Waals surface area contributed by atoms with Crippen molar-refractivity contribution in [3.8, 4) is 0 Å². The molecule has 3 aliphatic heterocycles. The average Bonchev–Trinajstić information content (AvgIpc) is 3.25. The van der Waals surface area contributed by atoms with Crippen molar-refractivity contribution in [3.05, 3.63) is 65.4 Å². The predicted octanol–water partition coefficient (Wildman–Crippen LogP) is 5.91. The number of benzene rings is 2. The third kappa shape index (κ3) is 7.04. The maximum absolute atomic E-state index is 13.5. The molecule has 6 nitrogen and oxygen atoms in total. The van der Waals surface area contributed by atoms with Crippen molar-refractivity contribution in [2.24, 2.45) is 5.41 Å². The van der Waals surface area contributed by atoms with Gasteiger partial charge in [0, 0.05) is 66.0 Å². The van der Waals surface area contributed by atoms with Crippen molar-refractivity contribution in [3.63, 3.8) is 0 Å². The minimum absolute atomic E-state index is 0.0226. The Kier molecular flexibility index (Phi) is 8.89. The van der Waals surface area contributed by atoms with Crippen LogP contribution in [0.4, 0.5) is 23.2 Å². The van der Waals surface area contributed by atoms with Gasteiger partial charge in [0.2, 0.25) is 0 Å². The molecule has 0 saturated carbocycles. The summed E-state index contributed by atoms with van der Waals surface area (Å²) in [7, 11) is 0. The Morgan fingerprint density at radius 2 is 1.78 bits per heavy atom. The summed E-state index contributed by atoms with van der Waals surface area (Å²) >= 11 is 0. The van der Waals surface area contributed by atoms with Crippen LogP contribution in [-0.2, 0) is 17.8 Å². The fraction of sp³-hybridized carbons (Fsp3) is 0.516. The van der Waals surface area contributed by atoms with E-state index in [9.17, 15) is 22.4 Å². The number of piperidine rings is 2. The van der Waals surface area contributed by atoms with Gasteiger partial charge < -0.3 is 15.0 Å². The zero-order valence-electron chi connectivity index (χ0n) is 23.4. The van der Waals surface area contributed by atoms with Crippen molar-refractivity contribution in [2.45, 2.75) is 58.0 Å².